The van der Waals surface area contributed by atoms with Crippen molar-refractivity contribution in [1.82, 2.24) is 4.90 Å². The molecular formula is C15H15NO6S. The van der Waals surface area contributed by atoms with E-state index in [4.69, 9.17) is 9.47 Å². The third-order valence-corrected chi connectivity index (χ3v) is 4.02. The molecule has 1 heterocycles. The van der Waals surface area contributed by atoms with E-state index >= 15 is 0 Å². The fourth-order valence-corrected chi connectivity index (χ4v) is 2.74. The summed E-state index contributed by atoms with van der Waals surface area (Å²) in [7, 11) is 4.22. The summed E-state index contributed by atoms with van der Waals surface area (Å²) in [4.78, 5) is 36.4. The van der Waals surface area contributed by atoms with E-state index in [-0.39, 0.29) is 4.91 Å². The highest BCUT2D eigenvalue weighted by Crippen LogP contribution is 2.34. The van der Waals surface area contributed by atoms with Gasteiger partial charge in [0.1, 0.15) is 18.0 Å². The number of amides is 2. The van der Waals surface area contributed by atoms with Crippen molar-refractivity contribution in [1.29, 1.82) is 0 Å². The first kappa shape index (κ1) is 16.9. The summed E-state index contributed by atoms with van der Waals surface area (Å²) in [5, 5.41) is -0.515. The first-order chi connectivity index (χ1) is 11.0. The fraction of sp³-hybridized carbons (Fsp3) is 0.267. The Kier molecular flexibility index (Phi) is 5.28. The Morgan fingerprint density at radius 1 is 1.22 bits per heavy atom. The minimum atomic E-state index is -0.657. The smallest absolute Gasteiger partial charge is 0.325 e. The van der Waals surface area contributed by atoms with Gasteiger partial charge in [0.2, 0.25) is 0 Å². The molecule has 122 valence electrons. The number of thioether (sulfide) groups is 1. The molecule has 1 aliphatic rings. The van der Waals surface area contributed by atoms with Crippen LogP contribution >= 0.6 is 11.8 Å². The molecule has 1 saturated heterocycles. The first-order valence-corrected chi connectivity index (χ1v) is 7.36. The maximum absolute atomic E-state index is 12.2. The van der Waals surface area contributed by atoms with Crippen LogP contribution in [0.2, 0.25) is 0 Å². The molecule has 0 saturated carbocycles. The highest BCUT2D eigenvalue weighted by atomic mass is 32.2. The number of hydrogen-bond donors (Lipinski definition) is 0. The Labute approximate surface area is 137 Å². The lowest BCUT2D eigenvalue weighted by Gasteiger charge is -2.10. The molecule has 1 aromatic carbocycles. The monoisotopic (exact) mass is 337 g/mol. The Morgan fingerprint density at radius 2 is 1.96 bits per heavy atom. The summed E-state index contributed by atoms with van der Waals surface area (Å²) in [5.74, 6) is -0.0826. The number of nitrogens with zero attached hydrogens (tertiary/aromatic N) is 1. The van der Waals surface area contributed by atoms with Crippen LogP contribution in [0.5, 0.6) is 11.5 Å². The van der Waals surface area contributed by atoms with Crippen molar-refractivity contribution in [3.05, 3.63) is 28.7 Å². The molecule has 0 aliphatic carbocycles. The quantitative estimate of drug-likeness (QED) is 0.599. The number of imide groups is 1. The highest BCUT2D eigenvalue weighted by Gasteiger charge is 2.36. The van der Waals surface area contributed by atoms with E-state index in [1.54, 1.807) is 24.3 Å². The van der Waals surface area contributed by atoms with Crippen LogP contribution in [-0.4, -0.2) is 49.9 Å². The van der Waals surface area contributed by atoms with Gasteiger partial charge < -0.3 is 14.2 Å². The van der Waals surface area contributed by atoms with Crippen molar-refractivity contribution in [2.45, 2.75) is 0 Å². The van der Waals surface area contributed by atoms with Crippen LogP contribution in [0.3, 0.4) is 0 Å². The zero-order valence-corrected chi connectivity index (χ0v) is 13.6. The maximum atomic E-state index is 12.2. The summed E-state index contributed by atoms with van der Waals surface area (Å²) in [5.41, 5.74) is 0.622. The molecule has 0 N–H and O–H groups in total. The van der Waals surface area contributed by atoms with Crippen molar-refractivity contribution in [3.8, 4) is 11.5 Å². The van der Waals surface area contributed by atoms with Crippen LogP contribution in [0, 0.1) is 0 Å². The number of ether oxygens (including phenoxy) is 3. The number of hydrogen-bond acceptors (Lipinski definition) is 7. The van der Waals surface area contributed by atoms with Crippen molar-refractivity contribution < 1.29 is 28.6 Å². The number of carbonyl (C=O) groups excluding carboxylic acids is 3. The molecule has 23 heavy (non-hydrogen) atoms. The van der Waals surface area contributed by atoms with Gasteiger partial charge in [-0.15, -0.1) is 0 Å². The van der Waals surface area contributed by atoms with Gasteiger partial charge in [-0.1, -0.05) is 0 Å². The third-order valence-electron chi connectivity index (χ3n) is 3.12. The van der Waals surface area contributed by atoms with Crippen molar-refractivity contribution >= 4 is 35.0 Å². The molecule has 7 nitrogen and oxygen atoms in total. The fourth-order valence-electron chi connectivity index (χ4n) is 1.91. The van der Waals surface area contributed by atoms with Crippen LogP contribution in [0.1, 0.15) is 5.56 Å². The molecule has 0 aromatic heterocycles. The molecule has 2 rings (SSSR count). The van der Waals surface area contributed by atoms with E-state index in [1.807, 2.05) is 0 Å². The van der Waals surface area contributed by atoms with Gasteiger partial charge in [-0.25, -0.2) is 0 Å². The first-order valence-electron chi connectivity index (χ1n) is 6.54. The molecule has 1 fully saturated rings. The molecule has 8 heteroatoms. The average Bonchev–Trinajstić information content (AvgIpc) is 2.82. The number of benzene rings is 1. The van der Waals surface area contributed by atoms with Gasteiger partial charge in [-0.3, -0.25) is 19.3 Å². The summed E-state index contributed by atoms with van der Waals surface area (Å²) in [6.07, 6.45) is 1.54. The largest absolute Gasteiger partial charge is 0.497 e. The van der Waals surface area contributed by atoms with Gasteiger partial charge in [0.05, 0.1) is 26.2 Å². The van der Waals surface area contributed by atoms with Gasteiger partial charge in [-0.05, 0) is 30.0 Å². The van der Waals surface area contributed by atoms with E-state index in [0.717, 1.165) is 16.7 Å². The lowest BCUT2D eigenvalue weighted by molar-refractivity contribution is -0.143. The summed E-state index contributed by atoms with van der Waals surface area (Å²) in [6, 6.07) is 5.10. The zero-order chi connectivity index (χ0) is 17.0. The van der Waals surface area contributed by atoms with Crippen LogP contribution in [0.25, 0.3) is 6.08 Å². The molecule has 0 radical (unpaired) electrons. The molecule has 2 amide bonds. The van der Waals surface area contributed by atoms with Crippen LogP contribution in [-0.2, 0) is 14.3 Å². The Hall–Kier alpha value is -2.48. The number of methoxy groups -OCH3 is 3. The summed E-state index contributed by atoms with van der Waals surface area (Å²) in [6.45, 7) is -0.405. The second-order valence-electron chi connectivity index (χ2n) is 4.45. The van der Waals surface area contributed by atoms with Gasteiger partial charge in [0, 0.05) is 11.6 Å². The second kappa shape index (κ2) is 7.19. The molecule has 0 unspecified atom stereocenters. The van der Waals surface area contributed by atoms with Gasteiger partial charge in [0.15, 0.2) is 0 Å². The van der Waals surface area contributed by atoms with E-state index in [9.17, 15) is 14.4 Å². The number of esters is 1. The summed E-state index contributed by atoms with van der Waals surface area (Å²) < 4.78 is 14.8. The predicted octanol–water partition coefficient (Wildman–Crippen LogP) is 1.91. The molecular weight excluding hydrogens is 322 g/mol. The topological polar surface area (TPSA) is 82.1 Å². The van der Waals surface area contributed by atoms with Gasteiger partial charge in [0.25, 0.3) is 11.1 Å². The zero-order valence-electron chi connectivity index (χ0n) is 12.8. The Balaban J connectivity index is 2.28. The maximum Gasteiger partial charge on any atom is 0.325 e. The molecule has 0 atom stereocenters. The second-order valence-corrected chi connectivity index (χ2v) is 5.45. The van der Waals surface area contributed by atoms with E-state index in [2.05, 4.69) is 4.74 Å². The van der Waals surface area contributed by atoms with Crippen LogP contribution < -0.4 is 9.47 Å². The van der Waals surface area contributed by atoms with Gasteiger partial charge >= 0.3 is 5.97 Å². The predicted molar refractivity (Wildman–Crippen MR) is 84.2 cm³/mol. The van der Waals surface area contributed by atoms with Gasteiger partial charge in [-0.2, -0.15) is 0 Å². The molecule has 0 bridgehead atoms. The highest BCUT2D eigenvalue weighted by molar-refractivity contribution is 8.18. The van der Waals surface area contributed by atoms with Crippen molar-refractivity contribution in [2.24, 2.45) is 0 Å². The standard InChI is InChI=1S/C15H15NO6S/c1-20-10-5-4-9(11(7-10)21-2)6-12-14(18)16(15(19)23-12)8-13(17)22-3/h4-7H,8H2,1-3H3/b12-6-. The van der Waals surface area contributed by atoms with Crippen LogP contribution in [0.4, 0.5) is 4.79 Å². The van der Waals surface area contributed by atoms with E-state index in [0.29, 0.717) is 17.1 Å². The minimum absolute atomic E-state index is 0.211. The lowest BCUT2D eigenvalue weighted by Crippen LogP contribution is -2.34. The summed E-state index contributed by atoms with van der Waals surface area (Å²) >= 11 is 0.762. The van der Waals surface area contributed by atoms with E-state index < -0.39 is 23.7 Å². The number of carbonyl (C=O) groups is 3. The SMILES string of the molecule is COC(=O)CN1C(=O)S/C(=C\c2ccc(OC)cc2OC)C1=O. The Bertz CT molecular complexity index is 685. The Morgan fingerprint density at radius 3 is 2.57 bits per heavy atom. The molecule has 1 aliphatic heterocycles. The van der Waals surface area contributed by atoms with Crippen molar-refractivity contribution in [3.63, 3.8) is 0 Å². The normalized spacial score (nSPS) is 16.0. The molecule has 1 aromatic rings. The minimum Gasteiger partial charge on any atom is -0.497 e. The van der Waals surface area contributed by atoms with Crippen molar-refractivity contribution in [2.75, 3.05) is 27.9 Å². The average molecular weight is 337 g/mol. The van der Waals surface area contributed by atoms with Crippen LogP contribution in [0.15, 0.2) is 23.1 Å². The molecule has 0 spiro atoms. The number of rotatable bonds is 5. The third kappa shape index (κ3) is 3.65. The lowest BCUT2D eigenvalue weighted by atomic mass is 10.1. The van der Waals surface area contributed by atoms with E-state index in [1.165, 1.54) is 21.3 Å².